The highest BCUT2D eigenvalue weighted by Gasteiger charge is 1.99. The molecule has 2 aromatic carbocycles. The zero-order valence-corrected chi connectivity index (χ0v) is 11.2. The van der Waals surface area contributed by atoms with Gasteiger partial charge in [-0.15, -0.1) is 0 Å². The molecule has 0 fully saturated rings. The lowest BCUT2D eigenvalue weighted by Gasteiger charge is -2.06. The van der Waals surface area contributed by atoms with Crippen molar-refractivity contribution in [3.63, 3.8) is 0 Å². The van der Waals surface area contributed by atoms with Crippen LogP contribution in [0.1, 0.15) is 18.9 Å². The van der Waals surface area contributed by atoms with Crippen LogP contribution in [0.25, 0.3) is 11.1 Å². The summed E-state index contributed by atoms with van der Waals surface area (Å²) in [5, 5.41) is 0. The average Bonchev–Trinajstić information content (AvgIpc) is 2.47. The quantitative estimate of drug-likeness (QED) is 0.732. The molecule has 0 unspecified atom stereocenters. The Morgan fingerprint density at radius 3 is 2.00 bits per heavy atom. The van der Waals surface area contributed by atoms with E-state index < -0.39 is 6.67 Å². The van der Waals surface area contributed by atoms with Crippen molar-refractivity contribution in [3.8, 4) is 16.9 Å². The third-order valence-electron chi connectivity index (χ3n) is 3.03. The molecule has 0 aromatic heterocycles. The van der Waals surface area contributed by atoms with E-state index in [4.69, 9.17) is 4.74 Å². The van der Waals surface area contributed by atoms with Gasteiger partial charge in [0.1, 0.15) is 19.0 Å². The predicted molar refractivity (Wildman–Crippen MR) is 77.3 cm³/mol. The molecule has 100 valence electrons. The lowest BCUT2D eigenvalue weighted by Crippen LogP contribution is -1.98. The molecule has 0 aliphatic heterocycles. The Hall–Kier alpha value is -1.83. The molecule has 0 saturated heterocycles. The van der Waals surface area contributed by atoms with Crippen LogP contribution >= 0.6 is 0 Å². The summed E-state index contributed by atoms with van der Waals surface area (Å²) in [6.45, 7) is 1.84. The Balaban J connectivity index is 2.08. The van der Waals surface area contributed by atoms with Gasteiger partial charge in [0.25, 0.3) is 0 Å². The second-order valence-electron chi connectivity index (χ2n) is 4.51. The topological polar surface area (TPSA) is 9.23 Å². The van der Waals surface area contributed by atoms with E-state index in [1.54, 1.807) is 0 Å². The van der Waals surface area contributed by atoms with Crippen LogP contribution in [0.15, 0.2) is 48.5 Å². The van der Waals surface area contributed by atoms with Crippen LogP contribution in [0.2, 0.25) is 0 Å². The van der Waals surface area contributed by atoms with E-state index in [1.807, 2.05) is 24.3 Å². The highest BCUT2D eigenvalue weighted by atomic mass is 19.1. The van der Waals surface area contributed by atoms with Gasteiger partial charge >= 0.3 is 0 Å². The third-order valence-corrected chi connectivity index (χ3v) is 3.03. The highest BCUT2D eigenvalue weighted by Crippen LogP contribution is 2.23. The van der Waals surface area contributed by atoms with Crippen LogP contribution < -0.4 is 4.74 Å². The van der Waals surface area contributed by atoms with Crippen molar-refractivity contribution >= 4 is 0 Å². The number of ether oxygens (including phenoxy) is 1. The minimum Gasteiger partial charge on any atom is -0.491 e. The highest BCUT2D eigenvalue weighted by molar-refractivity contribution is 5.64. The number of aryl methyl sites for hydroxylation is 1. The summed E-state index contributed by atoms with van der Waals surface area (Å²) in [5.74, 6) is 0.712. The van der Waals surface area contributed by atoms with E-state index in [0.29, 0.717) is 5.75 Å². The Morgan fingerprint density at radius 1 is 0.895 bits per heavy atom. The summed E-state index contributed by atoms with van der Waals surface area (Å²) in [5.41, 5.74) is 3.71. The van der Waals surface area contributed by atoms with Crippen molar-refractivity contribution < 1.29 is 9.13 Å². The van der Waals surface area contributed by atoms with Crippen LogP contribution in [-0.4, -0.2) is 13.3 Å². The van der Waals surface area contributed by atoms with E-state index in [0.717, 1.165) is 12.0 Å². The third kappa shape index (κ3) is 3.82. The van der Waals surface area contributed by atoms with Crippen molar-refractivity contribution in [3.05, 3.63) is 54.1 Å². The van der Waals surface area contributed by atoms with Gasteiger partial charge in [-0.3, -0.25) is 0 Å². The number of rotatable bonds is 6. The second kappa shape index (κ2) is 6.93. The SMILES string of the molecule is CCCc1ccc(-c2ccc(OCCF)cc2)cc1. The van der Waals surface area contributed by atoms with Crippen molar-refractivity contribution in [2.24, 2.45) is 0 Å². The zero-order chi connectivity index (χ0) is 13.5. The zero-order valence-electron chi connectivity index (χ0n) is 11.2. The maximum absolute atomic E-state index is 12.0. The molecule has 2 rings (SSSR count). The first-order valence-corrected chi connectivity index (χ1v) is 6.71. The summed E-state index contributed by atoms with van der Waals surface area (Å²) in [6.07, 6.45) is 2.29. The fraction of sp³-hybridized carbons (Fsp3) is 0.294. The summed E-state index contributed by atoms with van der Waals surface area (Å²) < 4.78 is 17.2. The molecule has 0 amide bonds. The molecule has 0 aliphatic carbocycles. The molecule has 2 heteroatoms. The van der Waals surface area contributed by atoms with Gasteiger partial charge in [0, 0.05) is 0 Å². The fourth-order valence-electron chi connectivity index (χ4n) is 2.05. The fourth-order valence-corrected chi connectivity index (χ4v) is 2.05. The molecule has 0 atom stereocenters. The lowest BCUT2D eigenvalue weighted by molar-refractivity contribution is 0.273. The molecule has 0 radical (unpaired) electrons. The van der Waals surface area contributed by atoms with E-state index in [1.165, 1.54) is 17.5 Å². The van der Waals surface area contributed by atoms with Crippen molar-refractivity contribution in [1.29, 1.82) is 0 Å². The van der Waals surface area contributed by atoms with Gasteiger partial charge in [0.15, 0.2) is 0 Å². The molecule has 1 nitrogen and oxygen atoms in total. The molecule has 0 aliphatic rings. The van der Waals surface area contributed by atoms with Gasteiger partial charge in [0.2, 0.25) is 0 Å². The van der Waals surface area contributed by atoms with Gasteiger partial charge in [-0.2, -0.15) is 0 Å². The van der Waals surface area contributed by atoms with E-state index >= 15 is 0 Å². The minimum atomic E-state index is -0.458. The van der Waals surface area contributed by atoms with Crippen molar-refractivity contribution in [1.82, 2.24) is 0 Å². The summed E-state index contributed by atoms with van der Waals surface area (Å²) >= 11 is 0. The molecule has 19 heavy (non-hydrogen) atoms. The Kier molecular flexibility index (Phi) is 4.96. The maximum Gasteiger partial charge on any atom is 0.123 e. The molecule has 0 heterocycles. The molecule has 0 spiro atoms. The van der Waals surface area contributed by atoms with Crippen LogP contribution in [0.3, 0.4) is 0 Å². The average molecular weight is 258 g/mol. The normalized spacial score (nSPS) is 10.4. The van der Waals surface area contributed by atoms with Gasteiger partial charge in [0.05, 0.1) is 0 Å². The van der Waals surface area contributed by atoms with Crippen molar-refractivity contribution in [2.45, 2.75) is 19.8 Å². The summed E-state index contributed by atoms with van der Waals surface area (Å²) in [4.78, 5) is 0. The number of benzene rings is 2. The Morgan fingerprint density at radius 2 is 1.47 bits per heavy atom. The summed E-state index contributed by atoms with van der Waals surface area (Å²) in [7, 11) is 0. The maximum atomic E-state index is 12.0. The van der Waals surface area contributed by atoms with Gasteiger partial charge < -0.3 is 4.74 Å². The first kappa shape index (κ1) is 13.6. The second-order valence-corrected chi connectivity index (χ2v) is 4.51. The number of hydrogen-bond acceptors (Lipinski definition) is 1. The van der Waals surface area contributed by atoms with E-state index in [9.17, 15) is 4.39 Å². The van der Waals surface area contributed by atoms with Crippen LogP contribution in [-0.2, 0) is 6.42 Å². The molecule has 0 N–H and O–H groups in total. The molecular weight excluding hydrogens is 239 g/mol. The number of hydrogen-bond donors (Lipinski definition) is 0. The van der Waals surface area contributed by atoms with Crippen LogP contribution in [0, 0.1) is 0 Å². The van der Waals surface area contributed by atoms with E-state index in [-0.39, 0.29) is 6.61 Å². The smallest absolute Gasteiger partial charge is 0.123 e. The molecule has 0 saturated carbocycles. The summed E-state index contributed by atoms with van der Waals surface area (Å²) in [6, 6.07) is 16.4. The van der Waals surface area contributed by atoms with Crippen molar-refractivity contribution in [2.75, 3.05) is 13.3 Å². The Labute approximate surface area is 114 Å². The largest absolute Gasteiger partial charge is 0.491 e. The monoisotopic (exact) mass is 258 g/mol. The van der Waals surface area contributed by atoms with Crippen LogP contribution in [0.5, 0.6) is 5.75 Å². The standard InChI is InChI=1S/C17H19FO/c1-2-3-14-4-6-15(7-5-14)16-8-10-17(11-9-16)19-13-12-18/h4-11H,2-3,12-13H2,1H3. The molecule has 2 aromatic rings. The predicted octanol–water partition coefficient (Wildman–Crippen LogP) is 4.65. The van der Waals surface area contributed by atoms with Gasteiger partial charge in [-0.05, 0) is 35.2 Å². The van der Waals surface area contributed by atoms with Gasteiger partial charge in [-0.1, -0.05) is 49.7 Å². The van der Waals surface area contributed by atoms with Crippen LogP contribution in [0.4, 0.5) is 4.39 Å². The Bertz CT molecular complexity index is 488. The minimum absolute atomic E-state index is 0.116. The lowest BCUT2D eigenvalue weighted by atomic mass is 10.0. The first-order valence-electron chi connectivity index (χ1n) is 6.71. The number of alkyl halides is 1. The molecule has 0 bridgehead atoms. The molecular formula is C17H19FO. The van der Waals surface area contributed by atoms with Gasteiger partial charge in [-0.25, -0.2) is 4.39 Å². The first-order chi connectivity index (χ1) is 9.33. The number of halogens is 1. The van der Waals surface area contributed by atoms with E-state index in [2.05, 4.69) is 31.2 Å².